The number of ether oxygens (including phenoxy) is 1. The number of benzene rings is 2. The van der Waals surface area contributed by atoms with Gasteiger partial charge >= 0.3 is 0 Å². The minimum absolute atomic E-state index is 0.752. The van der Waals surface area contributed by atoms with Gasteiger partial charge < -0.3 is 10.1 Å². The molecule has 0 atom stereocenters. The first kappa shape index (κ1) is 15.9. The first-order chi connectivity index (χ1) is 10.2. The monoisotopic (exact) mass is 303 g/mol. The molecule has 3 heteroatoms. The van der Waals surface area contributed by atoms with Gasteiger partial charge in [-0.25, -0.2) is 0 Å². The topological polar surface area (TPSA) is 21.3 Å². The Labute approximate surface area is 132 Å². The van der Waals surface area contributed by atoms with Gasteiger partial charge in [0.1, 0.15) is 5.75 Å². The fourth-order valence-electron chi connectivity index (χ4n) is 2.18. The summed E-state index contributed by atoms with van der Waals surface area (Å²) in [5, 5.41) is 4.13. The van der Waals surface area contributed by atoms with Crippen molar-refractivity contribution in [3.8, 4) is 16.9 Å². The molecule has 2 nitrogen and oxygen atoms in total. The van der Waals surface area contributed by atoms with Gasteiger partial charge in [0.15, 0.2) is 0 Å². The number of halogens is 1. The number of hydrogen-bond donors (Lipinski definition) is 1. The molecule has 1 N–H and O–H groups in total. The fourth-order valence-corrected chi connectivity index (χ4v) is 2.35. The van der Waals surface area contributed by atoms with E-state index in [1.54, 1.807) is 0 Å². The molecule has 0 amide bonds. The lowest BCUT2D eigenvalue weighted by molar-refractivity contribution is 0.317. The van der Waals surface area contributed by atoms with Crippen LogP contribution < -0.4 is 10.1 Å². The zero-order valence-corrected chi connectivity index (χ0v) is 13.4. The van der Waals surface area contributed by atoms with Gasteiger partial charge in [-0.1, -0.05) is 43.6 Å². The Kier molecular flexibility index (Phi) is 6.09. The van der Waals surface area contributed by atoms with E-state index in [4.69, 9.17) is 16.3 Å². The Hall–Kier alpha value is -1.51. The van der Waals surface area contributed by atoms with Crippen molar-refractivity contribution in [1.82, 2.24) is 5.32 Å². The summed E-state index contributed by atoms with van der Waals surface area (Å²) in [5.41, 5.74) is 3.59. The van der Waals surface area contributed by atoms with E-state index in [1.165, 1.54) is 11.1 Å². The minimum Gasteiger partial charge on any atom is -0.494 e. The molecule has 0 aromatic heterocycles. The average Bonchev–Trinajstić information content (AvgIpc) is 2.52. The lowest BCUT2D eigenvalue weighted by atomic mass is 9.99. The predicted molar refractivity (Wildman–Crippen MR) is 90.1 cm³/mol. The molecule has 0 spiro atoms. The van der Waals surface area contributed by atoms with Crippen molar-refractivity contribution in [3.05, 3.63) is 53.1 Å². The molecule has 0 aliphatic rings. The van der Waals surface area contributed by atoms with Gasteiger partial charge in [-0.2, -0.15) is 0 Å². The molecule has 0 radical (unpaired) electrons. The summed E-state index contributed by atoms with van der Waals surface area (Å²) >= 11 is 6.16. The van der Waals surface area contributed by atoms with Crippen molar-refractivity contribution in [2.24, 2.45) is 0 Å². The summed E-state index contributed by atoms with van der Waals surface area (Å²) in [6.07, 6.45) is 1.02. The molecular formula is C18H22ClNO. The number of nitrogens with one attached hydrogen (secondary N) is 1. The van der Waals surface area contributed by atoms with E-state index in [1.807, 2.05) is 24.3 Å². The van der Waals surface area contributed by atoms with E-state index < -0.39 is 0 Å². The molecule has 0 fully saturated rings. The summed E-state index contributed by atoms with van der Waals surface area (Å²) in [6, 6.07) is 14.3. The van der Waals surface area contributed by atoms with Crippen LogP contribution in [0.4, 0.5) is 0 Å². The summed E-state index contributed by atoms with van der Waals surface area (Å²) in [5.74, 6) is 0.913. The molecule has 0 aliphatic heterocycles. The smallest absolute Gasteiger partial charge is 0.119 e. The van der Waals surface area contributed by atoms with E-state index in [2.05, 4.69) is 37.4 Å². The van der Waals surface area contributed by atoms with Crippen molar-refractivity contribution < 1.29 is 4.74 Å². The molecule has 0 heterocycles. The first-order valence-corrected chi connectivity index (χ1v) is 7.84. The second kappa shape index (κ2) is 8.06. The summed E-state index contributed by atoms with van der Waals surface area (Å²) in [7, 11) is 0. The van der Waals surface area contributed by atoms with Crippen molar-refractivity contribution >= 4 is 11.6 Å². The number of hydrogen-bond acceptors (Lipinski definition) is 2. The highest BCUT2D eigenvalue weighted by Gasteiger charge is 2.06. The van der Waals surface area contributed by atoms with Crippen LogP contribution in [0.1, 0.15) is 25.8 Å². The van der Waals surface area contributed by atoms with Crippen LogP contribution >= 0.6 is 11.6 Å². The van der Waals surface area contributed by atoms with Crippen LogP contribution in [0, 0.1) is 0 Å². The molecule has 0 saturated carbocycles. The molecule has 0 bridgehead atoms. The molecular weight excluding hydrogens is 282 g/mol. The van der Waals surface area contributed by atoms with E-state index in [-0.39, 0.29) is 0 Å². The lowest BCUT2D eigenvalue weighted by Crippen LogP contribution is -2.12. The minimum atomic E-state index is 0.752. The number of rotatable bonds is 7. The Balaban J connectivity index is 2.25. The van der Waals surface area contributed by atoms with Gasteiger partial charge in [-0.3, -0.25) is 0 Å². The highest BCUT2D eigenvalue weighted by Crippen LogP contribution is 2.28. The SMILES string of the molecule is CCCOc1ccc(-c2cc(Cl)ccc2CNCC)cc1. The highest BCUT2D eigenvalue weighted by atomic mass is 35.5. The van der Waals surface area contributed by atoms with Crippen LogP contribution in [0.5, 0.6) is 5.75 Å². The standard InChI is InChI=1S/C18H22ClNO/c1-3-11-21-17-9-6-14(7-10-17)18-12-16(19)8-5-15(18)13-20-4-2/h5-10,12,20H,3-4,11,13H2,1-2H3. The third-order valence-electron chi connectivity index (χ3n) is 3.28. The zero-order valence-electron chi connectivity index (χ0n) is 12.7. The summed E-state index contributed by atoms with van der Waals surface area (Å²) in [6.45, 7) is 6.76. The van der Waals surface area contributed by atoms with Gasteiger partial charge in [0.2, 0.25) is 0 Å². The van der Waals surface area contributed by atoms with Crippen LogP contribution in [0.2, 0.25) is 5.02 Å². The van der Waals surface area contributed by atoms with Crippen LogP contribution in [-0.4, -0.2) is 13.2 Å². The second-order valence-electron chi connectivity index (χ2n) is 4.95. The van der Waals surface area contributed by atoms with Gasteiger partial charge in [0, 0.05) is 11.6 Å². The average molecular weight is 304 g/mol. The second-order valence-corrected chi connectivity index (χ2v) is 5.39. The van der Waals surface area contributed by atoms with Crippen molar-refractivity contribution in [3.63, 3.8) is 0 Å². The summed E-state index contributed by atoms with van der Waals surface area (Å²) < 4.78 is 5.63. The molecule has 21 heavy (non-hydrogen) atoms. The molecule has 0 saturated heterocycles. The van der Waals surface area contributed by atoms with E-state index in [0.717, 1.165) is 42.5 Å². The lowest BCUT2D eigenvalue weighted by Gasteiger charge is -2.12. The molecule has 0 unspecified atom stereocenters. The normalized spacial score (nSPS) is 10.6. The quantitative estimate of drug-likeness (QED) is 0.785. The Bertz CT molecular complexity index is 566. The molecule has 2 aromatic rings. The maximum atomic E-state index is 6.16. The van der Waals surface area contributed by atoms with Gasteiger partial charge in [0.05, 0.1) is 6.61 Å². The third-order valence-corrected chi connectivity index (χ3v) is 3.51. The van der Waals surface area contributed by atoms with E-state index in [0.29, 0.717) is 0 Å². The summed E-state index contributed by atoms with van der Waals surface area (Å²) in [4.78, 5) is 0. The Morgan fingerprint density at radius 3 is 2.48 bits per heavy atom. The van der Waals surface area contributed by atoms with Gasteiger partial charge in [-0.05, 0) is 53.9 Å². The van der Waals surface area contributed by atoms with Gasteiger partial charge in [0.25, 0.3) is 0 Å². The van der Waals surface area contributed by atoms with Crippen LogP contribution in [0.15, 0.2) is 42.5 Å². The largest absolute Gasteiger partial charge is 0.494 e. The molecule has 2 rings (SSSR count). The fraction of sp³-hybridized carbons (Fsp3) is 0.333. The molecule has 112 valence electrons. The maximum absolute atomic E-state index is 6.16. The van der Waals surface area contributed by atoms with Crippen LogP contribution in [0.25, 0.3) is 11.1 Å². The van der Waals surface area contributed by atoms with Crippen LogP contribution in [0.3, 0.4) is 0 Å². The molecule has 0 aliphatic carbocycles. The van der Waals surface area contributed by atoms with Crippen molar-refractivity contribution in [1.29, 1.82) is 0 Å². The third kappa shape index (κ3) is 4.48. The Morgan fingerprint density at radius 2 is 1.81 bits per heavy atom. The predicted octanol–water partition coefficient (Wildman–Crippen LogP) is 4.91. The van der Waals surface area contributed by atoms with Gasteiger partial charge in [-0.15, -0.1) is 0 Å². The van der Waals surface area contributed by atoms with Crippen molar-refractivity contribution in [2.45, 2.75) is 26.8 Å². The van der Waals surface area contributed by atoms with Crippen LogP contribution in [-0.2, 0) is 6.54 Å². The van der Waals surface area contributed by atoms with E-state index in [9.17, 15) is 0 Å². The van der Waals surface area contributed by atoms with E-state index >= 15 is 0 Å². The Morgan fingerprint density at radius 1 is 1.05 bits per heavy atom. The first-order valence-electron chi connectivity index (χ1n) is 7.47. The molecule has 2 aromatic carbocycles. The van der Waals surface area contributed by atoms with Crippen molar-refractivity contribution in [2.75, 3.05) is 13.2 Å². The zero-order chi connectivity index (χ0) is 15.1. The maximum Gasteiger partial charge on any atom is 0.119 e. The highest BCUT2D eigenvalue weighted by molar-refractivity contribution is 6.30.